The van der Waals surface area contributed by atoms with Crippen molar-refractivity contribution in [3.8, 4) is 0 Å². The molecule has 0 radical (unpaired) electrons. The number of amides is 2. The summed E-state index contributed by atoms with van der Waals surface area (Å²) < 4.78 is 1.34. The molecule has 2 unspecified atom stereocenters. The van der Waals surface area contributed by atoms with Gasteiger partial charge in [0.05, 0.1) is 0 Å². The summed E-state index contributed by atoms with van der Waals surface area (Å²) in [5.41, 5.74) is 0. The van der Waals surface area contributed by atoms with Gasteiger partial charge in [0, 0.05) is 23.6 Å². The normalized spacial score (nSPS) is 30.4. The maximum atomic E-state index is 12.3. The van der Waals surface area contributed by atoms with Crippen LogP contribution in [0.15, 0.2) is 0 Å². The topological polar surface area (TPSA) is 23.6 Å². The molecule has 2 heterocycles. The van der Waals surface area contributed by atoms with Crippen LogP contribution in [0.5, 0.6) is 0 Å². The van der Waals surface area contributed by atoms with E-state index in [1.54, 1.807) is 33.3 Å². The zero-order valence-electron chi connectivity index (χ0n) is 9.00. The van der Waals surface area contributed by atoms with E-state index in [1.165, 1.54) is 0 Å². The number of hydrogen-bond donors (Lipinski definition) is 0. The Morgan fingerprint density at radius 3 is 1.75 bits per heavy atom. The molecule has 0 bridgehead atoms. The number of carbonyl (C=O) groups excluding carboxylic acids is 1. The van der Waals surface area contributed by atoms with Crippen molar-refractivity contribution < 1.29 is 4.79 Å². The number of thioether (sulfide) groups is 2. The highest BCUT2D eigenvalue weighted by Crippen LogP contribution is 2.30. The fourth-order valence-electron chi connectivity index (χ4n) is 1.68. The summed E-state index contributed by atoms with van der Waals surface area (Å²) >= 11 is 13.5. The van der Waals surface area contributed by atoms with E-state index in [0.717, 1.165) is 11.5 Å². The largest absolute Gasteiger partial charge is 0.331 e. The molecule has 2 fully saturated rings. The summed E-state index contributed by atoms with van der Waals surface area (Å²) in [7, 11) is 0. The van der Waals surface area contributed by atoms with E-state index in [2.05, 4.69) is 0 Å². The van der Waals surface area contributed by atoms with Gasteiger partial charge in [0.1, 0.15) is 8.64 Å². The van der Waals surface area contributed by atoms with Crippen molar-refractivity contribution in [2.24, 2.45) is 0 Å². The van der Waals surface area contributed by atoms with E-state index in [9.17, 15) is 4.79 Å². The van der Waals surface area contributed by atoms with Crippen molar-refractivity contribution in [2.45, 2.75) is 25.9 Å². The molecule has 2 aliphatic heterocycles. The lowest BCUT2D eigenvalue weighted by atomic mass is 10.3. The Hall–Kier alpha value is 0.150. The Labute approximate surface area is 114 Å². The molecular formula is C9H12N2OS4. The van der Waals surface area contributed by atoms with Gasteiger partial charge in [-0.1, -0.05) is 48.0 Å². The highest BCUT2D eigenvalue weighted by Gasteiger charge is 2.39. The van der Waals surface area contributed by atoms with E-state index >= 15 is 0 Å². The Balaban J connectivity index is 2.18. The van der Waals surface area contributed by atoms with E-state index in [0.29, 0.717) is 8.64 Å². The van der Waals surface area contributed by atoms with Gasteiger partial charge in [-0.15, -0.1) is 0 Å². The van der Waals surface area contributed by atoms with E-state index in [4.69, 9.17) is 24.4 Å². The lowest BCUT2D eigenvalue weighted by molar-refractivity contribution is 0.189. The van der Waals surface area contributed by atoms with Gasteiger partial charge in [-0.3, -0.25) is 9.80 Å². The van der Waals surface area contributed by atoms with Crippen molar-refractivity contribution in [3.63, 3.8) is 0 Å². The van der Waals surface area contributed by atoms with Crippen molar-refractivity contribution in [2.75, 3.05) is 11.5 Å². The van der Waals surface area contributed by atoms with Gasteiger partial charge >= 0.3 is 6.03 Å². The molecule has 2 aliphatic rings. The molecule has 88 valence electrons. The molecule has 7 heteroatoms. The average Bonchev–Trinajstić information content (AvgIpc) is 2.71. The highest BCUT2D eigenvalue weighted by atomic mass is 32.2. The molecule has 2 saturated heterocycles. The van der Waals surface area contributed by atoms with Crippen LogP contribution in [0.1, 0.15) is 13.8 Å². The minimum atomic E-state index is -0.0509. The first-order chi connectivity index (χ1) is 7.52. The maximum absolute atomic E-state index is 12.3. The van der Waals surface area contributed by atoms with Crippen LogP contribution in [-0.4, -0.2) is 48.1 Å². The molecule has 0 N–H and O–H groups in total. The van der Waals surface area contributed by atoms with E-state index in [-0.39, 0.29) is 18.1 Å². The first kappa shape index (κ1) is 12.6. The monoisotopic (exact) mass is 292 g/mol. The number of urea groups is 1. The second kappa shape index (κ2) is 4.80. The number of thiocarbonyl (C=S) groups is 2. The molecule has 2 atom stereocenters. The molecule has 2 amide bonds. The van der Waals surface area contributed by atoms with Crippen LogP contribution in [0.4, 0.5) is 4.79 Å². The third-order valence-electron chi connectivity index (χ3n) is 2.58. The second-order valence-corrected chi connectivity index (χ2v) is 7.18. The SMILES string of the molecule is CC1CSC(=S)N1C(=O)N1C(=S)SCC1C. The predicted octanol–water partition coefficient (Wildman–Crippen LogP) is 2.55. The summed E-state index contributed by atoms with van der Waals surface area (Å²) in [6.07, 6.45) is 0. The fraction of sp³-hybridized carbons (Fsp3) is 0.667. The first-order valence-electron chi connectivity index (χ1n) is 4.98. The van der Waals surface area contributed by atoms with Crippen LogP contribution >= 0.6 is 48.0 Å². The molecule has 0 aromatic rings. The Kier molecular flexibility index (Phi) is 3.78. The summed E-state index contributed by atoms with van der Waals surface area (Å²) in [4.78, 5) is 15.7. The van der Waals surface area contributed by atoms with Crippen LogP contribution < -0.4 is 0 Å². The number of nitrogens with zero attached hydrogens (tertiary/aromatic N) is 2. The average molecular weight is 292 g/mol. The summed E-state index contributed by atoms with van der Waals surface area (Å²) in [5, 5.41) is 0. The lowest BCUT2D eigenvalue weighted by Crippen LogP contribution is -2.49. The minimum absolute atomic E-state index is 0.0509. The van der Waals surface area contributed by atoms with Gasteiger partial charge in [-0.05, 0) is 13.8 Å². The summed E-state index contributed by atoms with van der Waals surface area (Å²) in [5.74, 6) is 1.76. The third kappa shape index (κ3) is 2.10. The lowest BCUT2D eigenvalue weighted by Gasteiger charge is -2.28. The molecule has 0 aromatic carbocycles. The quantitative estimate of drug-likeness (QED) is 0.639. The van der Waals surface area contributed by atoms with Gasteiger partial charge in [0.15, 0.2) is 0 Å². The molecule has 0 aromatic heterocycles. The minimum Gasteiger partial charge on any atom is -0.275 e. The molecule has 0 saturated carbocycles. The molecular weight excluding hydrogens is 280 g/mol. The Morgan fingerprint density at radius 2 is 1.50 bits per heavy atom. The van der Waals surface area contributed by atoms with Crippen LogP contribution in [0, 0.1) is 0 Å². The Bertz CT molecular complexity index is 327. The van der Waals surface area contributed by atoms with Crippen molar-refractivity contribution in [1.29, 1.82) is 0 Å². The van der Waals surface area contributed by atoms with Gasteiger partial charge in [-0.2, -0.15) is 0 Å². The summed E-state index contributed by atoms with van der Waals surface area (Å²) in [6.45, 7) is 4.03. The molecule has 3 nitrogen and oxygen atoms in total. The standard InChI is InChI=1S/C9H12N2OS4/c1-5-3-15-8(13)10(5)7(12)11-6(2)4-16-9(11)14/h5-6H,3-4H2,1-2H3. The number of hydrogen-bond acceptors (Lipinski definition) is 5. The molecule has 16 heavy (non-hydrogen) atoms. The van der Waals surface area contributed by atoms with Crippen molar-refractivity contribution >= 4 is 62.6 Å². The van der Waals surface area contributed by atoms with Crippen LogP contribution in [-0.2, 0) is 0 Å². The second-order valence-electron chi connectivity index (χ2n) is 3.87. The van der Waals surface area contributed by atoms with E-state index in [1.807, 2.05) is 13.8 Å². The molecule has 0 spiro atoms. The molecule has 2 rings (SSSR count). The number of rotatable bonds is 0. The third-order valence-corrected chi connectivity index (χ3v) is 5.87. The van der Waals surface area contributed by atoms with Gasteiger partial charge < -0.3 is 0 Å². The zero-order valence-corrected chi connectivity index (χ0v) is 12.3. The van der Waals surface area contributed by atoms with Crippen molar-refractivity contribution in [3.05, 3.63) is 0 Å². The number of carbonyl (C=O) groups is 1. The van der Waals surface area contributed by atoms with Crippen LogP contribution in [0.2, 0.25) is 0 Å². The zero-order chi connectivity index (χ0) is 11.9. The smallest absolute Gasteiger partial charge is 0.275 e. The predicted molar refractivity (Wildman–Crippen MR) is 78.1 cm³/mol. The van der Waals surface area contributed by atoms with E-state index < -0.39 is 0 Å². The summed E-state index contributed by atoms with van der Waals surface area (Å²) in [6, 6.07) is 0.293. The molecule has 0 aliphatic carbocycles. The van der Waals surface area contributed by atoms with Gasteiger partial charge in [-0.25, -0.2) is 4.79 Å². The maximum Gasteiger partial charge on any atom is 0.331 e. The first-order valence-corrected chi connectivity index (χ1v) is 7.77. The highest BCUT2D eigenvalue weighted by molar-refractivity contribution is 8.23. The fourth-order valence-corrected chi connectivity index (χ4v) is 4.47. The van der Waals surface area contributed by atoms with Gasteiger partial charge in [0.25, 0.3) is 0 Å². The van der Waals surface area contributed by atoms with Crippen LogP contribution in [0.25, 0.3) is 0 Å². The Morgan fingerprint density at radius 1 is 1.12 bits per heavy atom. The van der Waals surface area contributed by atoms with Crippen LogP contribution in [0.3, 0.4) is 0 Å². The van der Waals surface area contributed by atoms with Gasteiger partial charge in [0.2, 0.25) is 0 Å². The van der Waals surface area contributed by atoms with Crippen molar-refractivity contribution in [1.82, 2.24) is 9.80 Å².